The van der Waals surface area contributed by atoms with E-state index in [2.05, 4.69) is 15.5 Å². The lowest BCUT2D eigenvalue weighted by atomic mass is 10.2. The van der Waals surface area contributed by atoms with Crippen LogP contribution < -0.4 is 15.5 Å². The van der Waals surface area contributed by atoms with Gasteiger partial charge in [0.15, 0.2) is 0 Å². The number of hydrogen-bond donors (Lipinski definition) is 2. The van der Waals surface area contributed by atoms with Crippen LogP contribution in [0.1, 0.15) is 0 Å². The molecule has 24 heavy (non-hydrogen) atoms. The Morgan fingerprint density at radius 1 is 1.12 bits per heavy atom. The van der Waals surface area contributed by atoms with Crippen LogP contribution in [0.3, 0.4) is 0 Å². The average molecular weight is 366 g/mol. The number of benzene rings is 2. The number of anilines is 2. The lowest BCUT2D eigenvalue weighted by Crippen LogP contribution is -2.43. The van der Waals surface area contributed by atoms with E-state index in [1.54, 1.807) is 31.3 Å². The number of nitrogens with zero attached hydrogens (tertiary/aromatic N) is 1. The summed E-state index contributed by atoms with van der Waals surface area (Å²) in [5.74, 6) is 0. The van der Waals surface area contributed by atoms with Gasteiger partial charge in [-0.2, -0.15) is 0 Å². The summed E-state index contributed by atoms with van der Waals surface area (Å²) in [4.78, 5) is 2.69. The van der Waals surface area contributed by atoms with Gasteiger partial charge < -0.3 is 15.5 Å². The van der Waals surface area contributed by atoms with Crippen LogP contribution in [0.5, 0.6) is 0 Å². The highest BCUT2D eigenvalue weighted by molar-refractivity contribution is 7.91. The van der Waals surface area contributed by atoms with E-state index < -0.39 is 9.84 Å². The normalized spacial score (nSPS) is 15.3. The van der Waals surface area contributed by atoms with Crippen molar-refractivity contribution in [2.24, 2.45) is 0 Å². The summed E-state index contributed by atoms with van der Waals surface area (Å²) in [6.45, 7) is 3.67. The lowest BCUT2D eigenvalue weighted by Gasteiger charge is -2.30. The van der Waals surface area contributed by atoms with E-state index in [4.69, 9.17) is 11.6 Å². The molecule has 0 bridgehead atoms. The van der Waals surface area contributed by atoms with Crippen LogP contribution in [0.2, 0.25) is 5.02 Å². The molecule has 0 atom stereocenters. The molecule has 3 rings (SSSR count). The van der Waals surface area contributed by atoms with E-state index in [1.165, 1.54) is 6.07 Å². The van der Waals surface area contributed by atoms with Crippen molar-refractivity contribution in [1.29, 1.82) is 0 Å². The Balaban J connectivity index is 2.01. The summed E-state index contributed by atoms with van der Waals surface area (Å²) in [6, 6.07) is 11.8. The molecule has 7 heteroatoms. The zero-order valence-corrected chi connectivity index (χ0v) is 15.0. The van der Waals surface area contributed by atoms with E-state index in [0.29, 0.717) is 10.7 Å². The van der Waals surface area contributed by atoms with Crippen LogP contribution >= 0.6 is 11.6 Å². The first-order valence-corrected chi connectivity index (χ1v) is 9.66. The van der Waals surface area contributed by atoms with E-state index in [9.17, 15) is 8.42 Å². The Morgan fingerprint density at radius 3 is 2.54 bits per heavy atom. The summed E-state index contributed by atoms with van der Waals surface area (Å²) in [5, 5.41) is 6.72. The first-order chi connectivity index (χ1) is 11.5. The van der Waals surface area contributed by atoms with Gasteiger partial charge in [0, 0.05) is 43.9 Å². The molecule has 1 aliphatic rings. The average Bonchev–Trinajstić information content (AvgIpc) is 2.62. The number of nitrogens with one attached hydrogen (secondary N) is 2. The number of rotatable bonds is 4. The molecule has 2 aromatic carbocycles. The van der Waals surface area contributed by atoms with Crippen LogP contribution in [0.4, 0.5) is 11.4 Å². The molecule has 0 amide bonds. The topological polar surface area (TPSA) is 61.4 Å². The van der Waals surface area contributed by atoms with Gasteiger partial charge in [0.2, 0.25) is 9.84 Å². The lowest BCUT2D eigenvalue weighted by molar-refractivity contribution is 0.588. The summed E-state index contributed by atoms with van der Waals surface area (Å²) in [5.41, 5.74) is 1.61. The second-order valence-corrected chi connectivity index (χ2v) is 7.98. The van der Waals surface area contributed by atoms with Gasteiger partial charge in [-0.3, -0.25) is 0 Å². The van der Waals surface area contributed by atoms with E-state index in [-0.39, 0.29) is 9.79 Å². The molecule has 5 nitrogen and oxygen atoms in total. The molecule has 1 aliphatic heterocycles. The van der Waals surface area contributed by atoms with Crippen LogP contribution in [0.25, 0.3) is 0 Å². The highest BCUT2D eigenvalue weighted by Crippen LogP contribution is 2.32. The van der Waals surface area contributed by atoms with Crippen molar-refractivity contribution in [3.63, 3.8) is 0 Å². The quantitative estimate of drug-likeness (QED) is 0.872. The highest BCUT2D eigenvalue weighted by Gasteiger charge is 2.22. The van der Waals surface area contributed by atoms with Crippen molar-refractivity contribution in [2.45, 2.75) is 9.79 Å². The van der Waals surface area contributed by atoms with Crippen molar-refractivity contribution < 1.29 is 8.42 Å². The second kappa shape index (κ2) is 7.01. The third-order valence-corrected chi connectivity index (χ3v) is 6.16. The van der Waals surface area contributed by atoms with Crippen molar-refractivity contribution in [1.82, 2.24) is 5.32 Å². The van der Waals surface area contributed by atoms with Crippen molar-refractivity contribution in [3.05, 3.63) is 47.5 Å². The standard InChI is InChI=1S/C17H20ClN3O2S/c1-19-16-12-14(21-9-7-20-8-10-21)5-6-17(16)24(22,23)15-4-2-3-13(18)11-15/h2-6,11-12,19-20H,7-10H2,1H3. The monoisotopic (exact) mass is 365 g/mol. The molecule has 0 radical (unpaired) electrons. The minimum absolute atomic E-state index is 0.196. The van der Waals surface area contributed by atoms with Crippen LogP contribution in [0, 0.1) is 0 Å². The molecule has 0 unspecified atom stereocenters. The fourth-order valence-corrected chi connectivity index (χ4v) is 4.57. The predicted octanol–water partition coefficient (Wildman–Crippen LogP) is 2.62. The molecule has 2 N–H and O–H groups in total. The number of halogens is 1. The highest BCUT2D eigenvalue weighted by atomic mass is 35.5. The van der Waals surface area contributed by atoms with Gasteiger partial charge in [0.05, 0.1) is 15.5 Å². The third kappa shape index (κ3) is 3.36. The Morgan fingerprint density at radius 2 is 1.88 bits per heavy atom. The first kappa shape index (κ1) is 17.1. The van der Waals surface area contributed by atoms with Crippen molar-refractivity contribution >= 4 is 32.8 Å². The summed E-state index contributed by atoms with van der Waals surface area (Å²) in [7, 11) is -1.90. The van der Waals surface area contributed by atoms with Crippen molar-refractivity contribution in [3.8, 4) is 0 Å². The molecule has 1 heterocycles. The molecule has 0 aromatic heterocycles. The molecule has 128 valence electrons. The summed E-state index contributed by atoms with van der Waals surface area (Å²) >= 11 is 5.95. The minimum Gasteiger partial charge on any atom is -0.387 e. The van der Waals surface area contributed by atoms with Gasteiger partial charge >= 0.3 is 0 Å². The van der Waals surface area contributed by atoms with Crippen molar-refractivity contribution in [2.75, 3.05) is 43.4 Å². The summed E-state index contributed by atoms with van der Waals surface area (Å²) in [6.07, 6.45) is 0. The van der Waals surface area contributed by atoms with Gasteiger partial charge in [-0.1, -0.05) is 17.7 Å². The zero-order valence-electron chi connectivity index (χ0n) is 13.4. The smallest absolute Gasteiger partial charge is 0.208 e. The maximum absolute atomic E-state index is 12.9. The fraction of sp³-hybridized carbons (Fsp3) is 0.294. The minimum atomic E-state index is -3.63. The molecule has 0 aliphatic carbocycles. The molecule has 0 saturated carbocycles. The van der Waals surface area contributed by atoms with Gasteiger partial charge in [0.25, 0.3) is 0 Å². The fourth-order valence-electron chi connectivity index (χ4n) is 2.83. The zero-order chi connectivity index (χ0) is 17.2. The van der Waals surface area contributed by atoms with Gasteiger partial charge in [-0.25, -0.2) is 8.42 Å². The van der Waals surface area contributed by atoms with Crippen LogP contribution in [-0.2, 0) is 9.84 Å². The Labute approximate surface area is 147 Å². The van der Waals surface area contributed by atoms with E-state index in [0.717, 1.165) is 31.9 Å². The number of piperazine rings is 1. The maximum atomic E-state index is 12.9. The molecule has 2 aromatic rings. The first-order valence-electron chi connectivity index (χ1n) is 7.80. The predicted molar refractivity (Wildman–Crippen MR) is 98.0 cm³/mol. The Hall–Kier alpha value is -1.76. The van der Waals surface area contributed by atoms with E-state index >= 15 is 0 Å². The SMILES string of the molecule is CNc1cc(N2CCNCC2)ccc1S(=O)(=O)c1cccc(Cl)c1. The van der Waals surface area contributed by atoms with Crippen LogP contribution in [-0.4, -0.2) is 41.6 Å². The molecule has 0 spiro atoms. The molecular formula is C17H20ClN3O2S. The number of sulfone groups is 1. The van der Waals surface area contributed by atoms with Gasteiger partial charge in [-0.05, 0) is 36.4 Å². The Kier molecular flexibility index (Phi) is 4.99. The van der Waals surface area contributed by atoms with Crippen LogP contribution in [0.15, 0.2) is 52.3 Å². The second-order valence-electron chi connectivity index (χ2n) is 5.63. The maximum Gasteiger partial charge on any atom is 0.208 e. The molecule has 1 fully saturated rings. The van der Waals surface area contributed by atoms with Gasteiger partial charge in [-0.15, -0.1) is 0 Å². The molecular weight excluding hydrogens is 346 g/mol. The largest absolute Gasteiger partial charge is 0.387 e. The third-order valence-electron chi connectivity index (χ3n) is 4.11. The Bertz CT molecular complexity index is 833. The van der Waals surface area contributed by atoms with E-state index in [1.807, 2.05) is 12.1 Å². The van der Waals surface area contributed by atoms with Gasteiger partial charge in [0.1, 0.15) is 0 Å². The molecule has 1 saturated heterocycles. The number of hydrogen-bond acceptors (Lipinski definition) is 5. The summed E-state index contributed by atoms with van der Waals surface area (Å²) < 4.78 is 25.9.